The minimum Gasteiger partial charge on any atom is -0.459 e. The molecule has 2 amide bonds. The van der Waals surface area contributed by atoms with Crippen LogP contribution in [-0.2, 0) is 16.1 Å². The summed E-state index contributed by atoms with van der Waals surface area (Å²) in [4.78, 5) is 37.4. The van der Waals surface area contributed by atoms with E-state index in [2.05, 4.69) is 22.1 Å². The van der Waals surface area contributed by atoms with Crippen LogP contribution in [0, 0.1) is 13.8 Å². The van der Waals surface area contributed by atoms with E-state index in [4.69, 9.17) is 10.5 Å². The van der Waals surface area contributed by atoms with E-state index in [1.54, 1.807) is 26.8 Å². The number of nitrogens with zero attached hydrogens (tertiary/aromatic N) is 3. The number of hydrogen-bond donors (Lipinski definition) is 2. The number of amides is 2. The number of anilines is 1. The van der Waals surface area contributed by atoms with E-state index < -0.39 is 11.9 Å². The first kappa shape index (κ1) is 26.2. The van der Waals surface area contributed by atoms with Gasteiger partial charge in [-0.15, -0.1) is 28.1 Å². The van der Waals surface area contributed by atoms with Crippen LogP contribution in [0.15, 0.2) is 42.1 Å². The van der Waals surface area contributed by atoms with E-state index in [-0.39, 0.29) is 33.2 Å². The van der Waals surface area contributed by atoms with Gasteiger partial charge in [-0.1, -0.05) is 41.6 Å². The molecule has 0 saturated carbocycles. The predicted molar refractivity (Wildman–Crippen MR) is 138 cm³/mol. The van der Waals surface area contributed by atoms with Crippen molar-refractivity contribution >= 4 is 45.9 Å². The molecule has 0 bridgehead atoms. The van der Waals surface area contributed by atoms with E-state index in [1.165, 1.54) is 11.8 Å². The second-order valence-electron chi connectivity index (χ2n) is 7.99. The van der Waals surface area contributed by atoms with Crippen molar-refractivity contribution in [3.8, 4) is 11.4 Å². The van der Waals surface area contributed by atoms with E-state index in [1.807, 2.05) is 35.8 Å². The van der Waals surface area contributed by atoms with Crippen molar-refractivity contribution in [2.75, 3.05) is 11.1 Å². The zero-order valence-electron chi connectivity index (χ0n) is 20.0. The molecule has 9 nitrogen and oxygen atoms in total. The molecule has 0 unspecified atom stereocenters. The highest BCUT2D eigenvalue weighted by Crippen LogP contribution is 2.34. The zero-order valence-corrected chi connectivity index (χ0v) is 21.6. The van der Waals surface area contributed by atoms with Crippen LogP contribution in [0.2, 0.25) is 0 Å². The molecule has 184 valence electrons. The average molecular weight is 514 g/mol. The number of carbonyl (C=O) groups is 3. The fourth-order valence-electron chi connectivity index (χ4n) is 3.34. The van der Waals surface area contributed by atoms with Crippen molar-refractivity contribution in [2.45, 2.75) is 45.5 Å². The first-order valence-corrected chi connectivity index (χ1v) is 12.6. The molecule has 0 aliphatic heterocycles. The summed E-state index contributed by atoms with van der Waals surface area (Å²) >= 11 is 2.15. The van der Waals surface area contributed by atoms with Crippen molar-refractivity contribution in [2.24, 2.45) is 5.73 Å². The highest BCUT2D eigenvalue weighted by molar-refractivity contribution is 7.99. The predicted octanol–water partition coefficient (Wildman–Crippen LogP) is 4.20. The third kappa shape index (κ3) is 6.17. The van der Waals surface area contributed by atoms with Crippen molar-refractivity contribution < 1.29 is 19.1 Å². The Labute approximate surface area is 211 Å². The molecule has 35 heavy (non-hydrogen) atoms. The highest BCUT2D eigenvalue weighted by atomic mass is 32.2. The van der Waals surface area contributed by atoms with Gasteiger partial charge < -0.3 is 15.8 Å². The quantitative estimate of drug-likeness (QED) is 0.236. The molecular formula is C24H27N5O4S2. The Hall–Kier alpha value is -3.44. The van der Waals surface area contributed by atoms with Crippen molar-refractivity contribution in [1.29, 1.82) is 0 Å². The monoisotopic (exact) mass is 513 g/mol. The largest absolute Gasteiger partial charge is 0.459 e. The summed E-state index contributed by atoms with van der Waals surface area (Å²) in [7, 11) is 0. The minimum atomic E-state index is -0.679. The Balaban J connectivity index is 1.80. The summed E-state index contributed by atoms with van der Waals surface area (Å²) in [5.74, 6) is -1.00. The summed E-state index contributed by atoms with van der Waals surface area (Å²) in [5.41, 5.74) is 7.96. The Bertz CT molecular complexity index is 1280. The lowest BCUT2D eigenvalue weighted by Crippen LogP contribution is -2.18. The summed E-state index contributed by atoms with van der Waals surface area (Å²) in [6.45, 7) is 11.3. The van der Waals surface area contributed by atoms with Gasteiger partial charge in [-0.2, -0.15) is 0 Å². The van der Waals surface area contributed by atoms with E-state index in [9.17, 15) is 14.4 Å². The molecule has 2 heterocycles. The number of hydrogen-bond acceptors (Lipinski definition) is 8. The molecule has 1 aromatic carbocycles. The van der Waals surface area contributed by atoms with E-state index >= 15 is 0 Å². The van der Waals surface area contributed by atoms with Crippen LogP contribution in [0.3, 0.4) is 0 Å². The fraction of sp³-hybridized carbons (Fsp3) is 0.292. The summed E-state index contributed by atoms with van der Waals surface area (Å²) in [6, 6.07) is 7.91. The minimum absolute atomic E-state index is 0.00458. The number of nitrogens with two attached hydrogens (primary N) is 1. The molecule has 0 aliphatic rings. The first-order valence-electron chi connectivity index (χ1n) is 10.8. The number of ether oxygens (including phenoxy) is 1. The number of nitrogens with one attached hydrogen (secondary N) is 1. The molecule has 2 aromatic heterocycles. The maximum atomic E-state index is 12.8. The number of aryl methyl sites for hydroxylation is 1. The number of allylic oxidation sites excluding steroid dienone is 1. The first-order chi connectivity index (χ1) is 16.6. The van der Waals surface area contributed by atoms with Gasteiger partial charge in [0.2, 0.25) is 5.91 Å². The Morgan fingerprint density at radius 3 is 2.66 bits per heavy atom. The molecule has 0 saturated heterocycles. The van der Waals surface area contributed by atoms with Crippen LogP contribution in [0.1, 0.15) is 45.0 Å². The number of rotatable bonds is 10. The lowest BCUT2D eigenvalue weighted by molar-refractivity contribution is -0.113. The lowest BCUT2D eigenvalue weighted by Gasteiger charge is -2.11. The van der Waals surface area contributed by atoms with Gasteiger partial charge >= 0.3 is 5.97 Å². The van der Waals surface area contributed by atoms with E-state index in [0.717, 1.165) is 22.5 Å². The third-order valence-corrected chi connectivity index (χ3v) is 7.00. The fourth-order valence-corrected chi connectivity index (χ4v) is 5.15. The third-order valence-electron chi connectivity index (χ3n) is 4.81. The van der Waals surface area contributed by atoms with Gasteiger partial charge in [0.25, 0.3) is 5.91 Å². The molecule has 3 rings (SSSR count). The maximum Gasteiger partial charge on any atom is 0.341 e. The number of carbonyl (C=O) groups excluding carboxylic acids is 3. The van der Waals surface area contributed by atoms with Crippen molar-refractivity contribution in [3.63, 3.8) is 0 Å². The van der Waals surface area contributed by atoms with Gasteiger partial charge in [0.05, 0.1) is 22.3 Å². The summed E-state index contributed by atoms with van der Waals surface area (Å²) in [5, 5.41) is 12.1. The molecule has 3 aromatic rings. The Morgan fingerprint density at radius 2 is 2.03 bits per heavy atom. The van der Waals surface area contributed by atoms with Gasteiger partial charge in [-0.05, 0) is 39.3 Å². The summed E-state index contributed by atoms with van der Waals surface area (Å²) < 4.78 is 7.17. The molecule has 11 heteroatoms. The van der Waals surface area contributed by atoms with Crippen LogP contribution in [-0.4, -0.2) is 44.4 Å². The van der Waals surface area contributed by atoms with Crippen LogP contribution < -0.4 is 11.1 Å². The molecular weight excluding hydrogens is 486 g/mol. The number of aromatic nitrogens is 3. The number of esters is 1. The van der Waals surface area contributed by atoms with Crippen LogP contribution in [0.4, 0.5) is 5.00 Å². The second-order valence-corrected chi connectivity index (χ2v) is 9.95. The van der Waals surface area contributed by atoms with Crippen molar-refractivity contribution in [3.05, 3.63) is 58.5 Å². The summed E-state index contributed by atoms with van der Waals surface area (Å²) in [6.07, 6.45) is 1.37. The van der Waals surface area contributed by atoms with Crippen LogP contribution in [0.25, 0.3) is 11.4 Å². The highest BCUT2D eigenvalue weighted by Gasteiger charge is 2.26. The Kier molecular flexibility index (Phi) is 8.47. The van der Waals surface area contributed by atoms with Crippen LogP contribution in [0.5, 0.6) is 0 Å². The molecule has 0 fully saturated rings. The molecule has 3 N–H and O–H groups in total. The molecule has 0 spiro atoms. The average Bonchev–Trinajstić information content (AvgIpc) is 3.32. The smallest absolute Gasteiger partial charge is 0.341 e. The van der Waals surface area contributed by atoms with Gasteiger partial charge in [-0.3, -0.25) is 14.2 Å². The van der Waals surface area contributed by atoms with E-state index in [0.29, 0.717) is 23.1 Å². The molecule has 0 atom stereocenters. The van der Waals surface area contributed by atoms with Gasteiger partial charge in [-0.25, -0.2) is 4.79 Å². The maximum absolute atomic E-state index is 12.8. The molecule has 0 aliphatic carbocycles. The second kappa shape index (κ2) is 11.3. The Morgan fingerprint density at radius 1 is 1.29 bits per heavy atom. The SMILES string of the molecule is C=CCn1c(SCC(=O)Nc2sc(C(N)=O)c(C)c2C(=O)OC(C)C)nnc1-c1cccc(C)c1. The van der Waals surface area contributed by atoms with Gasteiger partial charge in [0.1, 0.15) is 5.00 Å². The van der Waals surface area contributed by atoms with Crippen molar-refractivity contribution in [1.82, 2.24) is 14.8 Å². The number of thiophene rings is 1. The number of benzene rings is 1. The number of primary amides is 1. The lowest BCUT2D eigenvalue weighted by atomic mass is 10.1. The standard InChI is InChI=1S/C24H27N5O4S2/c1-6-10-29-21(16-9-7-8-14(4)11-16)27-28-24(29)34-12-17(30)26-22-18(23(32)33-13(2)3)15(5)19(35-22)20(25)31/h6-9,11,13H,1,10,12H2,2-5H3,(H2,25,31)(H,26,30). The van der Waals surface area contributed by atoms with Crippen LogP contribution >= 0.6 is 23.1 Å². The molecule has 0 radical (unpaired) electrons. The topological polar surface area (TPSA) is 129 Å². The normalized spacial score (nSPS) is 10.9. The van der Waals surface area contributed by atoms with Gasteiger partial charge in [0.15, 0.2) is 11.0 Å². The van der Waals surface area contributed by atoms with Gasteiger partial charge in [0, 0.05) is 12.1 Å². The number of thioether (sulfide) groups is 1. The zero-order chi connectivity index (χ0) is 25.7.